The number of aliphatic imine (C=N–C) groups is 1. The molecule has 0 bridgehead atoms. The number of fused-ring (bicyclic) bond motifs is 2. The maximum absolute atomic E-state index is 13.4. The van der Waals surface area contributed by atoms with Gasteiger partial charge in [-0.25, -0.2) is 4.98 Å². The van der Waals surface area contributed by atoms with Crippen molar-refractivity contribution in [3.8, 4) is 0 Å². The van der Waals surface area contributed by atoms with Crippen molar-refractivity contribution in [1.29, 1.82) is 0 Å². The summed E-state index contributed by atoms with van der Waals surface area (Å²) in [6, 6.07) is 17.7. The summed E-state index contributed by atoms with van der Waals surface area (Å²) in [5.74, 6) is 0.462. The number of aromatic nitrogens is 2. The van der Waals surface area contributed by atoms with Crippen molar-refractivity contribution < 1.29 is 4.79 Å². The number of carbonyl (C=O) groups excluding carboxylic acids is 1. The number of rotatable bonds is 4. The molecule has 1 aliphatic heterocycles. The molecule has 2 aromatic carbocycles. The summed E-state index contributed by atoms with van der Waals surface area (Å²) in [7, 11) is 0. The number of ketones is 1. The van der Waals surface area contributed by atoms with Crippen LogP contribution in [0, 0.1) is 5.92 Å². The summed E-state index contributed by atoms with van der Waals surface area (Å²) in [5, 5.41) is 0.661. The van der Waals surface area contributed by atoms with Gasteiger partial charge in [0.2, 0.25) is 0 Å². The molecule has 0 fully saturated rings. The van der Waals surface area contributed by atoms with E-state index in [9.17, 15) is 4.79 Å². The van der Waals surface area contributed by atoms with Gasteiger partial charge in [-0.15, -0.1) is 0 Å². The first-order chi connectivity index (χ1) is 15.1. The second-order valence-electron chi connectivity index (χ2n) is 7.63. The highest BCUT2D eigenvalue weighted by molar-refractivity contribution is 6.33. The van der Waals surface area contributed by atoms with Crippen LogP contribution in [-0.2, 0) is 4.79 Å². The van der Waals surface area contributed by atoms with Gasteiger partial charge in [-0.1, -0.05) is 66.2 Å². The summed E-state index contributed by atoms with van der Waals surface area (Å²) >= 11 is 6.32. The van der Waals surface area contributed by atoms with Crippen LogP contribution >= 0.6 is 11.6 Å². The van der Waals surface area contributed by atoms with Gasteiger partial charge < -0.3 is 4.98 Å². The van der Waals surface area contributed by atoms with Gasteiger partial charge in [-0.3, -0.25) is 9.79 Å². The number of benzene rings is 2. The Bertz CT molecular complexity index is 1290. The molecule has 0 radical (unpaired) electrons. The van der Waals surface area contributed by atoms with Gasteiger partial charge in [0.1, 0.15) is 5.82 Å². The lowest BCUT2D eigenvalue weighted by Gasteiger charge is -2.31. The fraction of sp³-hybridized carbons (Fsp3) is 0.115. The first-order valence-electron chi connectivity index (χ1n) is 10.2. The lowest BCUT2D eigenvalue weighted by Crippen LogP contribution is -2.29. The van der Waals surface area contributed by atoms with Crippen LogP contribution in [0.25, 0.3) is 22.7 Å². The van der Waals surface area contributed by atoms with Crippen LogP contribution in [0.2, 0.25) is 0 Å². The van der Waals surface area contributed by atoms with Crippen LogP contribution in [-0.4, -0.2) is 27.5 Å². The number of imidazole rings is 1. The van der Waals surface area contributed by atoms with E-state index in [-0.39, 0.29) is 17.7 Å². The molecule has 3 aromatic rings. The number of hydrogen-bond acceptors (Lipinski definition) is 3. The topological polar surface area (TPSA) is 58.1 Å². The Morgan fingerprint density at radius 2 is 1.87 bits per heavy atom. The highest BCUT2D eigenvalue weighted by Crippen LogP contribution is 2.40. The number of hydrogen-bond donors (Lipinski definition) is 1. The number of dihydropyridines is 1. The van der Waals surface area contributed by atoms with Crippen molar-refractivity contribution in [1.82, 2.24) is 9.97 Å². The smallest absolute Gasteiger partial charge is 0.188 e. The molecule has 4 nitrogen and oxygen atoms in total. The van der Waals surface area contributed by atoms with Gasteiger partial charge in [0, 0.05) is 22.2 Å². The molecule has 31 heavy (non-hydrogen) atoms. The minimum atomic E-state index is -0.0990. The molecular weight excluding hydrogens is 406 g/mol. The summed E-state index contributed by atoms with van der Waals surface area (Å²) in [6.07, 6.45) is 9.16. The first-order valence-corrected chi connectivity index (χ1v) is 10.5. The molecule has 0 amide bonds. The Kier molecular flexibility index (Phi) is 5.00. The molecule has 2 heterocycles. The van der Waals surface area contributed by atoms with Crippen molar-refractivity contribution in [3.05, 3.63) is 101 Å². The van der Waals surface area contributed by atoms with E-state index in [2.05, 4.69) is 9.97 Å². The molecular formula is C26H20ClN3O. The average Bonchev–Trinajstić information content (AvgIpc) is 3.20. The second kappa shape index (κ2) is 7.97. The van der Waals surface area contributed by atoms with Crippen molar-refractivity contribution in [2.24, 2.45) is 10.9 Å². The van der Waals surface area contributed by atoms with E-state index >= 15 is 0 Å². The zero-order chi connectivity index (χ0) is 21.4. The third-order valence-corrected chi connectivity index (χ3v) is 5.85. The minimum absolute atomic E-state index is 0.0615. The molecule has 2 unspecified atom stereocenters. The Balaban J connectivity index is 1.58. The fourth-order valence-corrected chi connectivity index (χ4v) is 4.43. The SMILES string of the molecule is CC1=NC2C=CC(Cl)=CC2C(c2ccccc2)=C1C(=O)C=Cc1nc2ccccc2[nH]1. The number of H-pyrrole nitrogens is 1. The second-order valence-corrected chi connectivity index (χ2v) is 8.07. The van der Waals surface area contributed by atoms with Crippen LogP contribution in [0.1, 0.15) is 18.3 Å². The molecule has 1 N–H and O–H groups in total. The summed E-state index contributed by atoms with van der Waals surface area (Å²) in [4.78, 5) is 25.9. The lowest BCUT2D eigenvalue weighted by atomic mass is 9.77. The van der Waals surface area contributed by atoms with E-state index in [1.54, 1.807) is 12.2 Å². The third kappa shape index (κ3) is 3.71. The first kappa shape index (κ1) is 19.5. The van der Waals surface area contributed by atoms with E-state index in [0.29, 0.717) is 16.4 Å². The van der Waals surface area contributed by atoms with E-state index in [1.807, 2.05) is 79.7 Å². The standard InChI is InChI=1S/C26H20ClN3O/c1-16-25(23(31)13-14-24-29-21-9-5-6-10-22(21)30-24)26(17-7-3-2-4-8-17)19-15-18(27)11-12-20(19)28-16/h2-15,19-20H,1H3,(H,29,30). The number of para-hydroxylation sites is 2. The number of aromatic amines is 1. The molecule has 2 atom stereocenters. The molecule has 1 aliphatic carbocycles. The van der Waals surface area contributed by atoms with E-state index in [1.165, 1.54) is 0 Å². The molecule has 0 saturated heterocycles. The van der Waals surface area contributed by atoms with Crippen molar-refractivity contribution in [2.75, 3.05) is 0 Å². The van der Waals surface area contributed by atoms with E-state index < -0.39 is 0 Å². The molecule has 0 saturated carbocycles. The Morgan fingerprint density at radius 1 is 1.10 bits per heavy atom. The quantitative estimate of drug-likeness (QED) is 0.541. The Morgan fingerprint density at radius 3 is 2.68 bits per heavy atom. The maximum atomic E-state index is 13.4. The zero-order valence-corrected chi connectivity index (χ0v) is 17.7. The van der Waals surface area contributed by atoms with E-state index in [4.69, 9.17) is 16.6 Å². The average molecular weight is 426 g/mol. The Hall–Kier alpha value is -3.50. The predicted octanol–water partition coefficient (Wildman–Crippen LogP) is 5.75. The maximum Gasteiger partial charge on any atom is 0.188 e. The number of halogens is 1. The summed E-state index contributed by atoms with van der Waals surface area (Å²) < 4.78 is 0. The molecule has 5 rings (SSSR count). The van der Waals surface area contributed by atoms with Crippen LogP contribution in [0.15, 0.2) is 94.5 Å². The van der Waals surface area contributed by atoms with Crippen LogP contribution in [0.5, 0.6) is 0 Å². The van der Waals surface area contributed by atoms with Gasteiger partial charge in [0.25, 0.3) is 0 Å². The lowest BCUT2D eigenvalue weighted by molar-refractivity contribution is -0.110. The number of allylic oxidation sites excluding steroid dienone is 4. The van der Waals surface area contributed by atoms with Gasteiger partial charge in [0.15, 0.2) is 5.78 Å². The molecule has 2 aliphatic rings. The van der Waals surface area contributed by atoms with Crippen molar-refractivity contribution >= 4 is 45.8 Å². The largest absolute Gasteiger partial charge is 0.338 e. The fourth-order valence-electron chi connectivity index (χ4n) is 4.22. The summed E-state index contributed by atoms with van der Waals surface area (Å²) in [6.45, 7) is 1.90. The van der Waals surface area contributed by atoms with Crippen molar-refractivity contribution in [3.63, 3.8) is 0 Å². The zero-order valence-electron chi connectivity index (χ0n) is 16.9. The van der Waals surface area contributed by atoms with Crippen LogP contribution in [0.3, 0.4) is 0 Å². The minimum Gasteiger partial charge on any atom is -0.338 e. The predicted molar refractivity (Wildman–Crippen MR) is 127 cm³/mol. The number of nitrogens with one attached hydrogen (secondary N) is 1. The molecule has 5 heteroatoms. The molecule has 152 valence electrons. The van der Waals surface area contributed by atoms with Crippen molar-refractivity contribution in [2.45, 2.75) is 13.0 Å². The normalized spacial score (nSPS) is 20.7. The highest BCUT2D eigenvalue weighted by atomic mass is 35.5. The summed E-state index contributed by atoms with van der Waals surface area (Å²) in [5.41, 5.74) is 5.12. The van der Waals surface area contributed by atoms with Gasteiger partial charge in [0.05, 0.1) is 17.1 Å². The molecule has 0 spiro atoms. The highest BCUT2D eigenvalue weighted by Gasteiger charge is 2.33. The number of carbonyl (C=O) groups is 1. The van der Waals surface area contributed by atoms with Gasteiger partial charge in [-0.2, -0.15) is 0 Å². The number of nitrogens with zero attached hydrogens (tertiary/aromatic N) is 2. The van der Waals surface area contributed by atoms with Crippen LogP contribution < -0.4 is 0 Å². The van der Waals surface area contributed by atoms with E-state index in [0.717, 1.165) is 27.9 Å². The third-order valence-electron chi connectivity index (χ3n) is 5.60. The van der Waals surface area contributed by atoms with Gasteiger partial charge >= 0.3 is 0 Å². The van der Waals surface area contributed by atoms with Crippen LogP contribution in [0.4, 0.5) is 0 Å². The molecule has 1 aromatic heterocycles. The Labute approximate surface area is 185 Å². The monoisotopic (exact) mass is 425 g/mol. The van der Waals surface area contributed by atoms with Gasteiger partial charge in [-0.05, 0) is 48.4 Å².